The molecule has 0 aliphatic heterocycles. The number of nitrogens with zero attached hydrogens (tertiary/aromatic N) is 1. The van der Waals surface area contributed by atoms with E-state index in [0.717, 1.165) is 38.8 Å². The summed E-state index contributed by atoms with van der Waals surface area (Å²) in [6.07, 6.45) is 0. The molecule has 4 N–H and O–H groups in total. The van der Waals surface area contributed by atoms with Crippen molar-refractivity contribution in [2.75, 3.05) is 7.11 Å². The number of benzene rings is 6. The molecular formula is C43H34N4O6. The van der Waals surface area contributed by atoms with Crippen LogP contribution in [0.25, 0.3) is 44.3 Å². The maximum atomic E-state index is 12.1. The van der Waals surface area contributed by atoms with E-state index in [1.165, 1.54) is 13.2 Å². The van der Waals surface area contributed by atoms with Crippen LogP contribution in [0.4, 0.5) is 5.69 Å². The molecule has 0 amide bonds. The summed E-state index contributed by atoms with van der Waals surface area (Å²) in [5.41, 5.74) is 11.8. The van der Waals surface area contributed by atoms with Gasteiger partial charge < -0.3 is 29.9 Å². The lowest BCUT2D eigenvalue weighted by Crippen LogP contribution is -2.22. The lowest BCUT2D eigenvalue weighted by Gasteiger charge is -2.13. The van der Waals surface area contributed by atoms with Gasteiger partial charge in [0.25, 0.3) is 5.69 Å². The topological polar surface area (TPSA) is 146 Å². The molecule has 2 heterocycles. The summed E-state index contributed by atoms with van der Waals surface area (Å²) in [5, 5.41) is 13.1. The molecule has 0 radical (unpaired) electrons. The van der Waals surface area contributed by atoms with Crippen LogP contribution in [0.5, 0.6) is 23.0 Å². The number of aromatic nitrogens is 2. The molecular weight excluding hydrogens is 668 g/mol. The number of esters is 1. The average Bonchev–Trinajstić information content (AvgIpc) is 3.83. The summed E-state index contributed by atoms with van der Waals surface area (Å²) in [6, 6.07) is 48.3. The minimum absolute atomic E-state index is 0.00869. The maximum Gasteiger partial charge on any atom is 0.327 e. The molecule has 8 aromatic rings. The highest BCUT2D eigenvalue weighted by Gasteiger charge is 2.22. The summed E-state index contributed by atoms with van der Waals surface area (Å²) in [5.74, 6) is 1.87. The number of hydrogen-bond acceptors (Lipinski definition) is 7. The fourth-order valence-corrected chi connectivity index (χ4v) is 6.00. The Morgan fingerprint density at radius 2 is 1.04 bits per heavy atom. The Morgan fingerprint density at radius 1 is 0.604 bits per heavy atom. The highest BCUT2D eigenvalue weighted by molar-refractivity contribution is 5.94. The molecule has 0 bridgehead atoms. The molecule has 53 heavy (non-hydrogen) atoms. The van der Waals surface area contributed by atoms with Crippen molar-refractivity contribution in [2.24, 2.45) is 5.73 Å². The third-order valence-corrected chi connectivity index (χ3v) is 8.53. The van der Waals surface area contributed by atoms with Gasteiger partial charge in [-0.3, -0.25) is 14.9 Å². The lowest BCUT2D eigenvalue weighted by atomic mass is 10.0. The highest BCUT2D eigenvalue weighted by Crippen LogP contribution is 2.36. The maximum absolute atomic E-state index is 12.1. The van der Waals surface area contributed by atoms with Gasteiger partial charge in [0, 0.05) is 27.7 Å². The molecule has 0 aliphatic carbocycles. The number of non-ortho nitro benzene ring substituents is 1. The molecule has 10 nitrogen and oxygen atoms in total. The zero-order chi connectivity index (χ0) is 36.7. The molecule has 0 spiro atoms. The van der Waals surface area contributed by atoms with Gasteiger partial charge in [0.05, 0.1) is 23.6 Å². The van der Waals surface area contributed by atoms with E-state index < -0.39 is 16.9 Å². The molecule has 2 aromatic heterocycles. The van der Waals surface area contributed by atoms with Crippen molar-refractivity contribution < 1.29 is 23.9 Å². The number of hydrogen-bond donors (Lipinski definition) is 3. The van der Waals surface area contributed by atoms with Gasteiger partial charge in [-0.2, -0.15) is 0 Å². The third-order valence-electron chi connectivity index (χ3n) is 8.53. The first-order valence-corrected chi connectivity index (χ1v) is 16.7. The Kier molecular flexibility index (Phi) is 9.95. The first kappa shape index (κ1) is 34.3. The highest BCUT2D eigenvalue weighted by atomic mass is 16.6. The Morgan fingerprint density at radius 3 is 1.51 bits per heavy atom. The Labute approximate surface area is 304 Å². The van der Waals surface area contributed by atoms with Crippen LogP contribution < -0.4 is 15.2 Å². The molecule has 8 rings (SSSR count). The largest absolute Gasteiger partial charge is 0.468 e. The normalized spacial score (nSPS) is 11.4. The average molecular weight is 703 g/mol. The molecule has 1 unspecified atom stereocenters. The summed E-state index contributed by atoms with van der Waals surface area (Å²) in [4.78, 5) is 29.7. The van der Waals surface area contributed by atoms with Crippen LogP contribution >= 0.6 is 0 Å². The van der Waals surface area contributed by atoms with E-state index in [4.69, 9.17) is 19.9 Å². The summed E-state index contributed by atoms with van der Waals surface area (Å²) >= 11 is 0. The summed E-state index contributed by atoms with van der Waals surface area (Å²) < 4.78 is 16.6. The van der Waals surface area contributed by atoms with E-state index in [2.05, 4.69) is 9.97 Å². The number of H-pyrrole nitrogens is 2. The predicted octanol–water partition coefficient (Wildman–Crippen LogP) is 10.3. The van der Waals surface area contributed by atoms with Gasteiger partial charge in [0.2, 0.25) is 0 Å². The van der Waals surface area contributed by atoms with Gasteiger partial charge in [-0.05, 0) is 65.7 Å². The molecule has 0 aliphatic rings. The van der Waals surface area contributed by atoms with E-state index in [1.807, 2.05) is 140 Å². The van der Waals surface area contributed by atoms with Crippen LogP contribution in [0.1, 0.15) is 11.6 Å². The van der Waals surface area contributed by atoms with Crippen molar-refractivity contribution in [3.63, 3.8) is 0 Å². The van der Waals surface area contributed by atoms with Crippen molar-refractivity contribution in [2.45, 2.75) is 6.04 Å². The van der Waals surface area contributed by atoms with E-state index >= 15 is 0 Å². The molecule has 262 valence electrons. The number of nitro benzene ring substituents is 1. The van der Waals surface area contributed by atoms with Crippen molar-refractivity contribution >= 4 is 33.5 Å². The minimum atomic E-state index is -0.922. The number of rotatable bonds is 9. The first-order chi connectivity index (χ1) is 25.9. The number of carbonyl (C=O) groups excluding carboxylic acids is 1. The first-order valence-electron chi connectivity index (χ1n) is 16.7. The number of para-hydroxylation sites is 2. The van der Waals surface area contributed by atoms with E-state index in [-0.39, 0.29) is 5.69 Å². The molecule has 0 saturated carbocycles. The lowest BCUT2D eigenvalue weighted by molar-refractivity contribution is -0.383. The van der Waals surface area contributed by atoms with Gasteiger partial charge in [-0.1, -0.05) is 97.1 Å². The Balaban J connectivity index is 0.000000165. The third kappa shape index (κ3) is 7.78. The fraction of sp³-hybridized carbons (Fsp3) is 0.0465. The van der Waals surface area contributed by atoms with Gasteiger partial charge >= 0.3 is 5.97 Å². The van der Waals surface area contributed by atoms with Gasteiger partial charge in [-0.25, -0.2) is 0 Å². The number of methoxy groups -OCH3 is 1. The zero-order valence-electron chi connectivity index (χ0n) is 28.6. The van der Waals surface area contributed by atoms with Crippen molar-refractivity contribution in [3.8, 4) is 45.5 Å². The van der Waals surface area contributed by atoms with E-state index in [0.29, 0.717) is 34.1 Å². The second-order valence-corrected chi connectivity index (χ2v) is 12.1. The molecule has 1 atom stereocenters. The fourth-order valence-electron chi connectivity index (χ4n) is 6.00. The Bertz CT molecular complexity index is 2500. The second-order valence-electron chi connectivity index (χ2n) is 12.1. The smallest absolute Gasteiger partial charge is 0.327 e. The number of ether oxygens (including phenoxy) is 3. The number of nitrogens with two attached hydrogens (primary N) is 1. The summed E-state index contributed by atoms with van der Waals surface area (Å²) in [6.45, 7) is 0. The zero-order valence-corrected chi connectivity index (χ0v) is 28.6. The summed E-state index contributed by atoms with van der Waals surface area (Å²) in [7, 11) is 1.33. The molecule has 0 saturated heterocycles. The van der Waals surface area contributed by atoms with Crippen molar-refractivity contribution in [1.29, 1.82) is 0 Å². The molecule has 10 heteroatoms. The van der Waals surface area contributed by atoms with Crippen LogP contribution in [0, 0.1) is 10.1 Å². The quantitative estimate of drug-likeness (QED) is 0.0771. The number of nitro groups is 1. The van der Waals surface area contributed by atoms with Crippen LogP contribution in [0.3, 0.4) is 0 Å². The van der Waals surface area contributed by atoms with E-state index in [9.17, 15) is 14.9 Å². The SMILES string of the molecule is COC(=O)C(N)c1cc(Oc2ccccc2)cc2cc(-c3ccccc3)[nH]c12.O=[N+]([O-])c1cc(Oc2ccccc2)cc2cc(-c3ccccc3)[nH]c12. The van der Waals surface area contributed by atoms with Crippen molar-refractivity contribution in [3.05, 3.63) is 173 Å². The number of nitrogens with one attached hydrogen (secondary N) is 2. The predicted molar refractivity (Wildman–Crippen MR) is 206 cm³/mol. The number of aromatic amines is 2. The molecule has 0 fully saturated rings. The van der Waals surface area contributed by atoms with Gasteiger partial charge in [0.15, 0.2) is 0 Å². The van der Waals surface area contributed by atoms with Crippen LogP contribution in [0.15, 0.2) is 158 Å². The van der Waals surface area contributed by atoms with Gasteiger partial charge in [0.1, 0.15) is 34.6 Å². The van der Waals surface area contributed by atoms with Crippen LogP contribution in [-0.2, 0) is 9.53 Å². The second kappa shape index (κ2) is 15.4. The van der Waals surface area contributed by atoms with Crippen LogP contribution in [0.2, 0.25) is 0 Å². The van der Waals surface area contributed by atoms with Crippen molar-refractivity contribution in [1.82, 2.24) is 9.97 Å². The monoisotopic (exact) mass is 702 g/mol. The van der Waals surface area contributed by atoms with E-state index in [1.54, 1.807) is 12.1 Å². The molecule has 6 aromatic carbocycles. The minimum Gasteiger partial charge on any atom is -0.468 e. The number of fused-ring (bicyclic) bond motifs is 2. The standard InChI is InChI=1S/C23H20N2O3.C20H14N2O3/c1-27-23(26)21(24)19-14-18(28-17-10-6-3-7-11-17)12-16-13-20(25-22(16)19)15-8-4-2-5-9-15;23-22(24)19-13-17(25-16-9-5-2-6-10-16)11-15-12-18(21-20(15)19)14-7-3-1-4-8-14/h2-14,21,25H,24H2,1H3;1-13,21H. The van der Waals surface area contributed by atoms with Gasteiger partial charge in [-0.15, -0.1) is 0 Å². The number of carbonyl (C=O) groups is 1. The van der Waals surface area contributed by atoms with Crippen LogP contribution in [-0.4, -0.2) is 28.0 Å². The Hall–Kier alpha value is -7.17.